The summed E-state index contributed by atoms with van der Waals surface area (Å²) >= 11 is 0. The zero-order chi connectivity index (χ0) is 11.5. The Kier molecular flexibility index (Phi) is 3.31. The maximum atomic E-state index is 5.57. The van der Waals surface area contributed by atoms with Gasteiger partial charge in [0.1, 0.15) is 11.5 Å². The monoisotopic (exact) mass is 223 g/mol. The van der Waals surface area contributed by atoms with Gasteiger partial charge in [-0.1, -0.05) is 0 Å². The van der Waals surface area contributed by atoms with E-state index in [0.717, 1.165) is 36.5 Å². The molecule has 0 aliphatic carbocycles. The minimum atomic E-state index is 0.492. The third kappa shape index (κ3) is 1.86. The molecule has 4 nitrogen and oxygen atoms in total. The fourth-order valence-corrected chi connectivity index (χ4v) is 2.25. The molecule has 1 aliphatic rings. The summed E-state index contributed by atoms with van der Waals surface area (Å²) < 4.78 is 11.0. The maximum absolute atomic E-state index is 5.57. The highest BCUT2D eigenvalue weighted by atomic mass is 16.6. The first kappa shape index (κ1) is 11.2. The van der Waals surface area contributed by atoms with Gasteiger partial charge in [0.25, 0.3) is 0 Å². The Morgan fingerprint density at radius 2 is 2.31 bits per heavy atom. The van der Waals surface area contributed by atoms with E-state index >= 15 is 0 Å². The molecule has 0 saturated carbocycles. The summed E-state index contributed by atoms with van der Waals surface area (Å²) in [5.74, 6) is 6.99. The predicted molar refractivity (Wildman–Crippen MR) is 60.8 cm³/mol. The summed E-state index contributed by atoms with van der Waals surface area (Å²) in [5, 5.41) is 0. The molecule has 4 heteroatoms. The first-order valence-electron chi connectivity index (χ1n) is 5.41. The summed E-state index contributed by atoms with van der Waals surface area (Å²) in [4.78, 5) is 4.65. The van der Waals surface area contributed by atoms with Gasteiger partial charge in [0, 0.05) is 24.0 Å². The van der Waals surface area contributed by atoms with Gasteiger partial charge >= 0.3 is 0 Å². The van der Waals surface area contributed by atoms with Crippen molar-refractivity contribution in [2.75, 3.05) is 20.3 Å². The van der Waals surface area contributed by atoms with Crippen LogP contribution < -0.4 is 15.4 Å². The van der Waals surface area contributed by atoms with Crippen LogP contribution in [0.25, 0.3) is 0 Å². The lowest BCUT2D eigenvalue weighted by Gasteiger charge is -2.14. The van der Waals surface area contributed by atoms with E-state index in [1.165, 1.54) is 11.1 Å². The SMILES string of the molecule is COc1c(C)cc2c(c1CCON)CCO2. The first-order chi connectivity index (χ1) is 7.77. The molecule has 88 valence electrons. The molecule has 0 bridgehead atoms. The predicted octanol–water partition coefficient (Wildman–Crippen LogP) is 1.37. The van der Waals surface area contributed by atoms with E-state index in [2.05, 4.69) is 4.84 Å². The van der Waals surface area contributed by atoms with Crippen molar-refractivity contribution in [1.29, 1.82) is 0 Å². The Hall–Kier alpha value is -1.26. The first-order valence-corrected chi connectivity index (χ1v) is 5.41. The minimum Gasteiger partial charge on any atom is -0.496 e. The highest BCUT2D eigenvalue weighted by Crippen LogP contribution is 2.37. The summed E-state index contributed by atoms with van der Waals surface area (Å²) in [5.41, 5.74) is 3.50. The number of fused-ring (bicyclic) bond motifs is 1. The van der Waals surface area contributed by atoms with Gasteiger partial charge in [0.2, 0.25) is 0 Å². The van der Waals surface area contributed by atoms with Crippen LogP contribution >= 0.6 is 0 Å². The molecular weight excluding hydrogens is 206 g/mol. The second-order valence-electron chi connectivity index (χ2n) is 3.90. The van der Waals surface area contributed by atoms with Gasteiger partial charge in [0.05, 0.1) is 20.3 Å². The number of nitrogens with two attached hydrogens (primary N) is 1. The smallest absolute Gasteiger partial charge is 0.125 e. The third-order valence-corrected chi connectivity index (χ3v) is 2.93. The molecule has 0 unspecified atom stereocenters. The Bertz CT molecular complexity index is 387. The van der Waals surface area contributed by atoms with Crippen LogP contribution in [0.3, 0.4) is 0 Å². The van der Waals surface area contributed by atoms with Crippen LogP contribution in [0, 0.1) is 6.92 Å². The van der Waals surface area contributed by atoms with E-state index in [9.17, 15) is 0 Å². The Balaban J connectivity index is 2.44. The number of methoxy groups -OCH3 is 1. The van der Waals surface area contributed by atoms with Crippen molar-refractivity contribution in [3.63, 3.8) is 0 Å². The van der Waals surface area contributed by atoms with Crippen LogP contribution in [0.4, 0.5) is 0 Å². The molecule has 16 heavy (non-hydrogen) atoms. The molecule has 2 N–H and O–H groups in total. The number of benzene rings is 1. The number of hydrogen-bond donors (Lipinski definition) is 1. The number of aryl methyl sites for hydroxylation is 1. The summed E-state index contributed by atoms with van der Waals surface area (Å²) in [6.07, 6.45) is 1.69. The molecular formula is C12H17NO3. The Morgan fingerprint density at radius 1 is 1.50 bits per heavy atom. The molecule has 0 radical (unpaired) electrons. The van der Waals surface area contributed by atoms with Crippen molar-refractivity contribution in [2.24, 2.45) is 5.90 Å². The molecule has 2 rings (SSSR count). The van der Waals surface area contributed by atoms with Crippen LogP contribution in [-0.2, 0) is 17.7 Å². The number of ether oxygens (including phenoxy) is 2. The second kappa shape index (κ2) is 4.72. The average molecular weight is 223 g/mol. The van der Waals surface area contributed by atoms with Gasteiger partial charge in [-0.3, -0.25) is 0 Å². The standard InChI is InChI=1S/C12H17NO3/c1-8-7-11-9(3-5-15-11)10(4-6-16-13)12(8)14-2/h7H,3-6,13H2,1-2H3. The van der Waals surface area contributed by atoms with Crippen LogP contribution in [0.15, 0.2) is 6.07 Å². The lowest BCUT2D eigenvalue weighted by Crippen LogP contribution is -2.07. The van der Waals surface area contributed by atoms with Crippen molar-refractivity contribution >= 4 is 0 Å². The van der Waals surface area contributed by atoms with Crippen molar-refractivity contribution in [3.05, 3.63) is 22.8 Å². The van der Waals surface area contributed by atoms with Gasteiger partial charge in [-0.05, 0) is 18.6 Å². The molecule has 0 spiro atoms. The Morgan fingerprint density at radius 3 is 3.00 bits per heavy atom. The second-order valence-corrected chi connectivity index (χ2v) is 3.90. The van der Waals surface area contributed by atoms with E-state index in [1.54, 1.807) is 7.11 Å². The fraction of sp³-hybridized carbons (Fsp3) is 0.500. The van der Waals surface area contributed by atoms with Gasteiger partial charge in [-0.2, -0.15) is 0 Å². The minimum absolute atomic E-state index is 0.492. The highest BCUT2D eigenvalue weighted by Gasteiger charge is 2.21. The van der Waals surface area contributed by atoms with E-state index in [1.807, 2.05) is 13.0 Å². The Labute approximate surface area is 95.2 Å². The molecule has 1 aromatic rings. The zero-order valence-corrected chi connectivity index (χ0v) is 9.71. The summed E-state index contributed by atoms with van der Waals surface area (Å²) in [6.45, 7) is 3.26. The average Bonchev–Trinajstić information content (AvgIpc) is 2.72. The van der Waals surface area contributed by atoms with E-state index in [-0.39, 0.29) is 0 Å². The van der Waals surface area contributed by atoms with Crippen molar-refractivity contribution in [2.45, 2.75) is 19.8 Å². The van der Waals surface area contributed by atoms with Gasteiger partial charge in [0.15, 0.2) is 0 Å². The number of hydrogen-bond acceptors (Lipinski definition) is 4. The molecule has 0 saturated heterocycles. The van der Waals surface area contributed by atoms with E-state index < -0.39 is 0 Å². The van der Waals surface area contributed by atoms with Crippen LogP contribution in [0.1, 0.15) is 16.7 Å². The van der Waals surface area contributed by atoms with Crippen LogP contribution in [0.2, 0.25) is 0 Å². The molecule has 1 aromatic carbocycles. The lowest BCUT2D eigenvalue weighted by molar-refractivity contribution is 0.140. The van der Waals surface area contributed by atoms with Crippen LogP contribution in [-0.4, -0.2) is 20.3 Å². The van der Waals surface area contributed by atoms with Crippen molar-refractivity contribution < 1.29 is 14.3 Å². The number of rotatable bonds is 4. The topological polar surface area (TPSA) is 53.7 Å². The molecule has 0 amide bonds. The van der Waals surface area contributed by atoms with Gasteiger partial charge in [-0.25, -0.2) is 5.90 Å². The third-order valence-electron chi connectivity index (χ3n) is 2.93. The molecule has 0 fully saturated rings. The van der Waals surface area contributed by atoms with Crippen molar-refractivity contribution in [3.8, 4) is 11.5 Å². The highest BCUT2D eigenvalue weighted by molar-refractivity contribution is 5.54. The molecule has 0 aromatic heterocycles. The van der Waals surface area contributed by atoms with Crippen molar-refractivity contribution in [1.82, 2.24) is 0 Å². The van der Waals surface area contributed by atoms with Gasteiger partial charge in [-0.15, -0.1) is 0 Å². The quantitative estimate of drug-likeness (QED) is 0.783. The molecule has 1 heterocycles. The molecule has 1 aliphatic heterocycles. The largest absolute Gasteiger partial charge is 0.496 e. The maximum Gasteiger partial charge on any atom is 0.125 e. The van der Waals surface area contributed by atoms with Crippen LogP contribution in [0.5, 0.6) is 11.5 Å². The van der Waals surface area contributed by atoms with E-state index in [0.29, 0.717) is 6.61 Å². The zero-order valence-electron chi connectivity index (χ0n) is 9.71. The fourth-order valence-electron chi connectivity index (χ4n) is 2.25. The summed E-state index contributed by atoms with van der Waals surface area (Å²) in [7, 11) is 1.69. The lowest BCUT2D eigenvalue weighted by atomic mass is 9.98. The normalized spacial score (nSPS) is 13.4. The summed E-state index contributed by atoms with van der Waals surface area (Å²) in [6, 6.07) is 2.04. The van der Waals surface area contributed by atoms with Gasteiger partial charge < -0.3 is 14.3 Å². The molecule has 0 atom stereocenters. The van der Waals surface area contributed by atoms with E-state index in [4.69, 9.17) is 15.4 Å².